The van der Waals surface area contributed by atoms with Gasteiger partial charge in [0.15, 0.2) is 0 Å². The molecule has 4 heteroatoms. The number of carbonyl (C=O) groups is 1. The summed E-state index contributed by atoms with van der Waals surface area (Å²) >= 11 is 0. The van der Waals surface area contributed by atoms with Gasteiger partial charge in [0.05, 0.1) is 0 Å². The van der Waals surface area contributed by atoms with E-state index in [1.165, 1.54) is 19.3 Å². The van der Waals surface area contributed by atoms with E-state index < -0.39 is 0 Å². The molecule has 1 aliphatic heterocycles. The van der Waals surface area contributed by atoms with Gasteiger partial charge in [0.2, 0.25) is 5.91 Å². The quantitative estimate of drug-likeness (QED) is 0.828. The first-order chi connectivity index (χ1) is 7.70. The van der Waals surface area contributed by atoms with Crippen molar-refractivity contribution < 1.29 is 4.79 Å². The van der Waals surface area contributed by atoms with Crippen molar-refractivity contribution in [1.29, 1.82) is 0 Å². The molecule has 0 aromatic carbocycles. The van der Waals surface area contributed by atoms with E-state index in [2.05, 4.69) is 4.90 Å². The Bertz CT molecular complexity index is 252. The molecule has 0 aromatic rings. The van der Waals surface area contributed by atoms with Crippen molar-refractivity contribution >= 4 is 18.3 Å². The number of hydrogen-bond acceptors (Lipinski definition) is 2. The Balaban J connectivity index is 0.00000144. The zero-order chi connectivity index (χ0) is 11.5. The second-order valence-corrected chi connectivity index (χ2v) is 5.44. The molecule has 0 spiro atoms. The largest absolute Gasteiger partial charge is 0.338 e. The normalized spacial score (nSPS) is 27.6. The zero-order valence-electron chi connectivity index (χ0n) is 10.7. The topological polar surface area (TPSA) is 46.3 Å². The van der Waals surface area contributed by atoms with Crippen LogP contribution in [0, 0.1) is 5.92 Å². The Morgan fingerprint density at radius 1 is 1.18 bits per heavy atom. The number of carbonyl (C=O) groups excluding carboxylic acids is 1. The van der Waals surface area contributed by atoms with Crippen molar-refractivity contribution in [3.8, 4) is 0 Å². The number of nitrogens with zero attached hydrogens (tertiary/aromatic N) is 1. The average molecular weight is 261 g/mol. The van der Waals surface area contributed by atoms with Crippen LogP contribution in [0.2, 0.25) is 0 Å². The SMILES string of the molecule is CC(N)C1CCCCN1C(=O)C1CCCC1.Cl. The van der Waals surface area contributed by atoms with E-state index in [1.807, 2.05) is 6.92 Å². The first-order valence-corrected chi connectivity index (χ1v) is 6.76. The van der Waals surface area contributed by atoms with E-state index in [4.69, 9.17) is 5.73 Å². The lowest BCUT2D eigenvalue weighted by molar-refractivity contribution is -0.139. The van der Waals surface area contributed by atoms with Gasteiger partial charge >= 0.3 is 0 Å². The van der Waals surface area contributed by atoms with Gasteiger partial charge in [-0.2, -0.15) is 0 Å². The molecular formula is C13H25ClN2O. The molecule has 0 radical (unpaired) electrons. The van der Waals surface area contributed by atoms with Crippen LogP contribution in [0.4, 0.5) is 0 Å². The van der Waals surface area contributed by atoms with Crippen LogP contribution in [0.5, 0.6) is 0 Å². The van der Waals surface area contributed by atoms with Crippen LogP contribution in [0.3, 0.4) is 0 Å². The van der Waals surface area contributed by atoms with E-state index in [0.717, 1.165) is 32.2 Å². The van der Waals surface area contributed by atoms with Crippen LogP contribution < -0.4 is 5.73 Å². The van der Waals surface area contributed by atoms with Crippen LogP contribution in [0.1, 0.15) is 51.9 Å². The zero-order valence-corrected chi connectivity index (χ0v) is 11.5. The lowest BCUT2D eigenvalue weighted by Crippen LogP contribution is -2.53. The molecule has 3 nitrogen and oxygen atoms in total. The van der Waals surface area contributed by atoms with Gasteiger partial charge in [-0.3, -0.25) is 4.79 Å². The van der Waals surface area contributed by atoms with Crippen molar-refractivity contribution in [3.63, 3.8) is 0 Å². The molecule has 0 bridgehead atoms. The summed E-state index contributed by atoms with van der Waals surface area (Å²) in [5.41, 5.74) is 6.00. The van der Waals surface area contributed by atoms with Gasteiger partial charge in [-0.15, -0.1) is 12.4 Å². The lowest BCUT2D eigenvalue weighted by Gasteiger charge is -2.39. The first kappa shape index (κ1) is 14.8. The third-order valence-corrected chi connectivity index (χ3v) is 4.14. The second kappa shape index (κ2) is 6.60. The van der Waals surface area contributed by atoms with Gasteiger partial charge in [0.25, 0.3) is 0 Å². The van der Waals surface area contributed by atoms with Crippen LogP contribution in [-0.2, 0) is 4.79 Å². The van der Waals surface area contributed by atoms with Gasteiger partial charge in [-0.25, -0.2) is 0 Å². The van der Waals surface area contributed by atoms with E-state index >= 15 is 0 Å². The predicted molar refractivity (Wildman–Crippen MR) is 72.2 cm³/mol. The summed E-state index contributed by atoms with van der Waals surface area (Å²) in [7, 11) is 0. The molecule has 100 valence electrons. The smallest absolute Gasteiger partial charge is 0.225 e. The lowest BCUT2D eigenvalue weighted by atomic mass is 9.94. The maximum atomic E-state index is 12.4. The predicted octanol–water partition coefficient (Wildman–Crippen LogP) is 2.33. The third kappa shape index (κ3) is 3.35. The fourth-order valence-corrected chi connectivity index (χ4v) is 3.18. The minimum atomic E-state index is 0. The number of piperidine rings is 1. The van der Waals surface area contributed by atoms with E-state index in [9.17, 15) is 4.79 Å². The Hall–Kier alpha value is -0.280. The molecular weight excluding hydrogens is 236 g/mol. The molecule has 2 atom stereocenters. The number of likely N-dealkylation sites (tertiary alicyclic amines) is 1. The molecule has 0 aromatic heterocycles. The van der Waals surface area contributed by atoms with Crippen molar-refractivity contribution in [2.45, 2.75) is 64.0 Å². The molecule has 17 heavy (non-hydrogen) atoms. The molecule has 1 saturated carbocycles. The molecule has 1 amide bonds. The Kier molecular flexibility index (Phi) is 5.74. The maximum Gasteiger partial charge on any atom is 0.225 e. The Morgan fingerprint density at radius 3 is 2.35 bits per heavy atom. The fourth-order valence-electron chi connectivity index (χ4n) is 3.18. The summed E-state index contributed by atoms with van der Waals surface area (Å²) in [6.07, 6.45) is 8.13. The number of amides is 1. The minimum absolute atomic E-state index is 0. The molecule has 2 rings (SSSR count). The summed E-state index contributed by atoms with van der Waals surface area (Å²) in [4.78, 5) is 14.5. The second-order valence-electron chi connectivity index (χ2n) is 5.44. The highest BCUT2D eigenvalue weighted by Gasteiger charge is 2.34. The van der Waals surface area contributed by atoms with Crippen molar-refractivity contribution in [3.05, 3.63) is 0 Å². The summed E-state index contributed by atoms with van der Waals surface area (Å²) in [5, 5.41) is 0. The highest BCUT2D eigenvalue weighted by Crippen LogP contribution is 2.29. The third-order valence-electron chi connectivity index (χ3n) is 4.14. The van der Waals surface area contributed by atoms with E-state index in [-0.39, 0.29) is 18.4 Å². The molecule has 1 saturated heterocycles. The number of halogens is 1. The number of rotatable bonds is 2. The highest BCUT2D eigenvalue weighted by molar-refractivity contribution is 5.85. The van der Waals surface area contributed by atoms with E-state index in [1.54, 1.807) is 0 Å². The van der Waals surface area contributed by atoms with Crippen molar-refractivity contribution in [2.24, 2.45) is 11.7 Å². The fraction of sp³-hybridized carbons (Fsp3) is 0.923. The number of hydrogen-bond donors (Lipinski definition) is 1. The maximum absolute atomic E-state index is 12.4. The summed E-state index contributed by atoms with van der Waals surface area (Å²) < 4.78 is 0. The standard InChI is InChI=1S/C13H24N2O.ClH/c1-10(14)12-8-4-5-9-15(12)13(16)11-6-2-3-7-11;/h10-12H,2-9,14H2,1H3;1H. The van der Waals surface area contributed by atoms with Gasteiger partial charge in [0, 0.05) is 24.5 Å². The molecule has 2 unspecified atom stereocenters. The van der Waals surface area contributed by atoms with Crippen LogP contribution in [0.15, 0.2) is 0 Å². The summed E-state index contributed by atoms with van der Waals surface area (Å²) in [6, 6.07) is 0.410. The number of nitrogens with two attached hydrogens (primary N) is 1. The van der Waals surface area contributed by atoms with Gasteiger partial charge in [0.1, 0.15) is 0 Å². The molecule has 2 N–H and O–H groups in total. The monoisotopic (exact) mass is 260 g/mol. The summed E-state index contributed by atoms with van der Waals surface area (Å²) in [5.74, 6) is 0.693. The van der Waals surface area contributed by atoms with E-state index in [0.29, 0.717) is 17.9 Å². The average Bonchev–Trinajstić information content (AvgIpc) is 2.81. The van der Waals surface area contributed by atoms with Gasteiger partial charge in [-0.05, 0) is 39.0 Å². The minimum Gasteiger partial charge on any atom is -0.338 e. The Morgan fingerprint density at radius 2 is 1.76 bits per heavy atom. The Labute approximate surface area is 111 Å². The van der Waals surface area contributed by atoms with Gasteiger partial charge < -0.3 is 10.6 Å². The van der Waals surface area contributed by atoms with Crippen molar-refractivity contribution in [2.75, 3.05) is 6.54 Å². The molecule has 2 aliphatic rings. The molecule has 1 heterocycles. The molecule has 2 fully saturated rings. The van der Waals surface area contributed by atoms with Crippen LogP contribution >= 0.6 is 12.4 Å². The van der Waals surface area contributed by atoms with Crippen LogP contribution in [-0.4, -0.2) is 29.4 Å². The highest BCUT2D eigenvalue weighted by atomic mass is 35.5. The first-order valence-electron chi connectivity index (χ1n) is 6.76. The summed E-state index contributed by atoms with van der Waals surface area (Å²) in [6.45, 7) is 2.96. The van der Waals surface area contributed by atoms with Crippen LogP contribution in [0.25, 0.3) is 0 Å². The van der Waals surface area contributed by atoms with Gasteiger partial charge in [-0.1, -0.05) is 12.8 Å². The van der Waals surface area contributed by atoms with Crippen molar-refractivity contribution in [1.82, 2.24) is 4.90 Å². The molecule has 1 aliphatic carbocycles.